The summed E-state index contributed by atoms with van der Waals surface area (Å²) in [6.07, 6.45) is 5.61. The maximum absolute atomic E-state index is 12.1. The van der Waals surface area contributed by atoms with Crippen molar-refractivity contribution in [3.05, 3.63) is 35.4 Å². The SMILES string of the molecule is CN=C(NCCCOC1CCCc2ccccc21)NC1CCN(C(=O)C(C)C)C1.I. The molecular formula is C23H37IN4O2. The molecule has 1 saturated heterocycles. The Morgan fingerprint density at radius 1 is 1.30 bits per heavy atom. The minimum Gasteiger partial charge on any atom is -0.373 e. The van der Waals surface area contributed by atoms with Crippen molar-refractivity contribution >= 4 is 35.8 Å². The summed E-state index contributed by atoms with van der Waals surface area (Å²) in [5.74, 6) is 1.10. The normalized spacial score (nSPS) is 21.2. The third-order valence-corrected chi connectivity index (χ3v) is 5.81. The van der Waals surface area contributed by atoms with Gasteiger partial charge in [0, 0.05) is 45.2 Å². The van der Waals surface area contributed by atoms with E-state index in [0.717, 1.165) is 51.5 Å². The molecule has 0 radical (unpaired) electrons. The maximum atomic E-state index is 12.1. The predicted molar refractivity (Wildman–Crippen MR) is 132 cm³/mol. The van der Waals surface area contributed by atoms with E-state index in [-0.39, 0.29) is 47.9 Å². The van der Waals surface area contributed by atoms with E-state index in [9.17, 15) is 4.79 Å². The lowest BCUT2D eigenvalue weighted by Crippen LogP contribution is -2.45. The second kappa shape index (κ2) is 12.5. The number of likely N-dealkylation sites (tertiary alicyclic amines) is 1. The number of carbonyl (C=O) groups excluding carboxylic acids is 1. The average Bonchev–Trinajstić information content (AvgIpc) is 3.20. The molecule has 6 nitrogen and oxygen atoms in total. The molecule has 0 saturated carbocycles. The Hall–Kier alpha value is -1.35. The lowest BCUT2D eigenvalue weighted by molar-refractivity contribution is -0.133. The predicted octanol–water partition coefficient (Wildman–Crippen LogP) is 3.51. The van der Waals surface area contributed by atoms with Crippen molar-refractivity contribution in [1.29, 1.82) is 0 Å². The molecule has 1 heterocycles. The van der Waals surface area contributed by atoms with E-state index < -0.39 is 0 Å². The molecule has 1 aliphatic heterocycles. The van der Waals surface area contributed by atoms with Crippen LogP contribution in [0.2, 0.25) is 0 Å². The van der Waals surface area contributed by atoms with E-state index in [1.165, 1.54) is 24.0 Å². The average molecular weight is 528 g/mol. The molecule has 30 heavy (non-hydrogen) atoms. The minimum atomic E-state index is 0. The zero-order valence-corrected chi connectivity index (χ0v) is 20.9. The first kappa shape index (κ1) is 24.9. The number of rotatable bonds is 7. The van der Waals surface area contributed by atoms with Gasteiger partial charge in [0.1, 0.15) is 0 Å². The quantitative estimate of drug-likeness (QED) is 0.246. The summed E-state index contributed by atoms with van der Waals surface area (Å²) in [4.78, 5) is 18.4. The summed E-state index contributed by atoms with van der Waals surface area (Å²) in [6, 6.07) is 8.92. The first-order chi connectivity index (χ1) is 14.1. The second-order valence-corrected chi connectivity index (χ2v) is 8.37. The van der Waals surface area contributed by atoms with Crippen LogP contribution in [-0.4, -0.2) is 56.1 Å². The fourth-order valence-corrected chi connectivity index (χ4v) is 4.22. The number of aliphatic imine (C=N–C) groups is 1. The van der Waals surface area contributed by atoms with Crippen LogP contribution in [0.3, 0.4) is 0 Å². The Morgan fingerprint density at radius 2 is 2.10 bits per heavy atom. The van der Waals surface area contributed by atoms with Gasteiger partial charge < -0.3 is 20.3 Å². The van der Waals surface area contributed by atoms with Gasteiger partial charge in [-0.05, 0) is 43.2 Å². The minimum absolute atomic E-state index is 0. The zero-order valence-electron chi connectivity index (χ0n) is 18.5. The van der Waals surface area contributed by atoms with Crippen molar-refractivity contribution in [2.24, 2.45) is 10.9 Å². The van der Waals surface area contributed by atoms with Crippen LogP contribution in [0.15, 0.2) is 29.3 Å². The monoisotopic (exact) mass is 528 g/mol. The second-order valence-electron chi connectivity index (χ2n) is 8.37. The molecule has 2 unspecified atom stereocenters. The number of aryl methyl sites for hydroxylation is 1. The Balaban J connectivity index is 0.00000320. The summed E-state index contributed by atoms with van der Waals surface area (Å²) in [5.41, 5.74) is 2.80. The molecule has 1 aliphatic carbocycles. The van der Waals surface area contributed by atoms with Crippen LogP contribution in [0.1, 0.15) is 56.8 Å². The lowest BCUT2D eigenvalue weighted by atomic mass is 9.89. The van der Waals surface area contributed by atoms with Crippen molar-refractivity contribution in [3.8, 4) is 0 Å². The third kappa shape index (κ3) is 6.83. The highest BCUT2D eigenvalue weighted by Gasteiger charge is 2.28. The summed E-state index contributed by atoms with van der Waals surface area (Å²) in [5, 5.41) is 6.82. The fraction of sp³-hybridized carbons (Fsp3) is 0.652. The van der Waals surface area contributed by atoms with Crippen LogP contribution in [0.25, 0.3) is 0 Å². The highest BCUT2D eigenvalue weighted by atomic mass is 127. The number of nitrogens with zero attached hydrogens (tertiary/aromatic N) is 2. The molecule has 2 N–H and O–H groups in total. The molecule has 7 heteroatoms. The van der Waals surface area contributed by atoms with Gasteiger partial charge in [-0.2, -0.15) is 0 Å². The zero-order chi connectivity index (χ0) is 20.6. The van der Waals surface area contributed by atoms with E-state index in [1.54, 1.807) is 7.05 Å². The summed E-state index contributed by atoms with van der Waals surface area (Å²) >= 11 is 0. The number of carbonyl (C=O) groups is 1. The molecule has 1 fully saturated rings. The summed E-state index contributed by atoms with van der Waals surface area (Å²) < 4.78 is 6.18. The van der Waals surface area contributed by atoms with Crippen molar-refractivity contribution in [3.63, 3.8) is 0 Å². The molecule has 1 aromatic carbocycles. The molecular weight excluding hydrogens is 491 g/mol. The van der Waals surface area contributed by atoms with Gasteiger partial charge in [-0.3, -0.25) is 9.79 Å². The van der Waals surface area contributed by atoms with Gasteiger partial charge in [0.25, 0.3) is 0 Å². The van der Waals surface area contributed by atoms with E-state index >= 15 is 0 Å². The van der Waals surface area contributed by atoms with Gasteiger partial charge in [-0.1, -0.05) is 38.1 Å². The standard InChI is InChI=1S/C23H36N4O2.HI/c1-17(2)22(28)27-14-12-19(16-27)26-23(24-3)25-13-7-15-29-21-11-6-9-18-8-4-5-10-20(18)21;/h4-5,8,10,17,19,21H,6-7,9,11-16H2,1-3H3,(H2,24,25,26);1H. The van der Waals surface area contributed by atoms with Crippen molar-refractivity contribution in [2.45, 2.75) is 58.1 Å². The van der Waals surface area contributed by atoms with Gasteiger partial charge in [0.2, 0.25) is 5.91 Å². The fourth-order valence-electron chi connectivity index (χ4n) is 4.22. The van der Waals surface area contributed by atoms with Gasteiger partial charge in [-0.25, -0.2) is 0 Å². The number of halogens is 1. The number of hydrogen-bond donors (Lipinski definition) is 2. The molecule has 1 aromatic rings. The number of hydrogen-bond acceptors (Lipinski definition) is 3. The molecule has 0 bridgehead atoms. The van der Waals surface area contributed by atoms with Crippen LogP contribution >= 0.6 is 24.0 Å². The molecule has 2 aliphatic rings. The topological polar surface area (TPSA) is 66.0 Å². The smallest absolute Gasteiger partial charge is 0.225 e. The third-order valence-electron chi connectivity index (χ3n) is 5.81. The highest BCUT2D eigenvalue weighted by molar-refractivity contribution is 14.0. The molecule has 168 valence electrons. The van der Waals surface area contributed by atoms with Crippen LogP contribution in [-0.2, 0) is 16.0 Å². The number of nitrogens with one attached hydrogen (secondary N) is 2. The number of fused-ring (bicyclic) bond motifs is 1. The largest absolute Gasteiger partial charge is 0.373 e. The van der Waals surface area contributed by atoms with Gasteiger partial charge in [0.15, 0.2) is 5.96 Å². The number of ether oxygens (including phenoxy) is 1. The maximum Gasteiger partial charge on any atom is 0.225 e. The summed E-state index contributed by atoms with van der Waals surface area (Å²) in [7, 11) is 1.79. The van der Waals surface area contributed by atoms with E-state index in [4.69, 9.17) is 4.74 Å². The van der Waals surface area contributed by atoms with Crippen LogP contribution in [0.4, 0.5) is 0 Å². The molecule has 2 atom stereocenters. The molecule has 1 amide bonds. The van der Waals surface area contributed by atoms with Gasteiger partial charge >= 0.3 is 0 Å². The number of guanidine groups is 1. The van der Waals surface area contributed by atoms with Gasteiger partial charge in [-0.15, -0.1) is 24.0 Å². The molecule has 3 rings (SSSR count). The number of benzene rings is 1. The van der Waals surface area contributed by atoms with Crippen molar-refractivity contribution < 1.29 is 9.53 Å². The summed E-state index contributed by atoms with van der Waals surface area (Å²) in [6.45, 7) is 7.04. The Bertz CT molecular complexity index is 710. The Labute approximate surface area is 198 Å². The first-order valence-corrected chi connectivity index (χ1v) is 11.0. The van der Waals surface area contributed by atoms with E-state index in [2.05, 4.69) is 39.9 Å². The number of amides is 1. The highest BCUT2D eigenvalue weighted by Crippen LogP contribution is 2.32. The van der Waals surface area contributed by atoms with Crippen molar-refractivity contribution in [2.75, 3.05) is 33.3 Å². The Kier molecular flexibility index (Phi) is 10.4. The molecule has 0 spiro atoms. The van der Waals surface area contributed by atoms with Crippen molar-refractivity contribution in [1.82, 2.24) is 15.5 Å². The lowest BCUT2D eigenvalue weighted by Gasteiger charge is -2.25. The van der Waals surface area contributed by atoms with E-state index in [0.29, 0.717) is 0 Å². The van der Waals surface area contributed by atoms with Crippen LogP contribution in [0, 0.1) is 5.92 Å². The first-order valence-electron chi connectivity index (χ1n) is 11.0. The van der Waals surface area contributed by atoms with Crippen LogP contribution in [0.5, 0.6) is 0 Å². The van der Waals surface area contributed by atoms with Gasteiger partial charge in [0.05, 0.1) is 6.10 Å². The van der Waals surface area contributed by atoms with E-state index in [1.807, 2.05) is 18.7 Å². The van der Waals surface area contributed by atoms with Crippen LogP contribution < -0.4 is 10.6 Å². The molecule has 0 aromatic heterocycles. The Morgan fingerprint density at radius 3 is 2.87 bits per heavy atom.